The molecule has 3 aromatic rings. The lowest BCUT2D eigenvalue weighted by molar-refractivity contribution is -0.127. The number of benzene rings is 2. The van der Waals surface area contributed by atoms with Crippen molar-refractivity contribution in [3.05, 3.63) is 87.6 Å². The summed E-state index contributed by atoms with van der Waals surface area (Å²) in [6.07, 6.45) is 4.33. The number of aryl methyl sites for hydroxylation is 1. The van der Waals surface area contributed by atoms with Crippen LogP contribution >= 0.6 is 11.3 Å². The van der Waals surface area contributed by atoms with Gasteiger partial charge in [-0.15, -0.1) is 11.3 Å². The Morgan fingerprint density at radius 2 is 1.71 bits per heavy atom. The van der Waals surface area contributed by atoms with E-state index in [2.05, 4.69) is 5.32 Å². The number of hydrogen-bond donors (Lipinski definition) is 1. The van der Waals surface area contributed by atoms with Crippen LogP contribution in [0.2, 0.25) is 0 Å². The quantitative estimate of drug-likeness (QED) is 0.430. The van der Waals surface area contributed by atoms with Crippen LogP contribution in [0.15, 0.2) is 66.0 Å². The summed E-state index contributed by atoms with van der Waals surface area (Å²) in [6, 6.07) is 17.9. The van der Waals surface area contributed by atoms with E-state index >= 15 is 0 Å². The third-order valence-corrected chi connectivity index (χ3v) is 7.29. The lowest BCUT2D eigenvalue weighted by Crippen LogP contribution is -2.47. The summed E-state index contributed by atoms with van der Waals surface area (Å²) >= 11 is 1.52. The van der Waals surface area contributed by atoms with Gasteiger partial charge in [0.2, 0.25) is 11.8 Å². The molecule has 6 heteroatoms. The average Bonchev–Trinajstić information content (AvgIpc) is 3.52. The number of rotatable bonds is 8. The van der Waals surface area contributed by atoms with E-state index in [0.717, 1.165) is 41.7 Å². The summed E-state index contributed by atoms with van der Waals surface area (Å²) in [4.78, 5) is 42.0. The molecule has 0 radical (unpaired) electrons. The van der Waals surface area contributed by atoms with E-state index < -0.39 is 6.04 Å². The van der Waals surface area contributed by atoms with Crippen LogP contribution in [-0.2, 0) is 16.0 Å². The van der Waals surface area contributed by atoms with Crippen LogP contribution < -0.4 is 10.2 Å². The van der Waals surface area contributed by atoms with Gasteiger partial charge in [-0.2, -0.15) is 0 Å². The Kier molecular flexibility index (Phi) is 7.58. The Bertz CT molecular complexity index is 1150. The van der Waals surface area contributed by atoms with Gasteiger partial charge >= 0.3 is 0 Å². The van der Waals surface area contributed by atoms with Crippen LogP contribution in [0, 0.1) is 6.92 Å². The largest absolute Gasteiger partial charge is 0.351 e. The normalized spacial score (nSPS) is 14.5. The van der Waals surface area contributed by atoms with Crippen molar-refractivity contribution < 1.29 is 14.4 Å². The van der Waals surface area contributed by atoms with Crippen LogP contribution in [0.3, 0.4) is 0 Å². The highest BCUT2D eigenvalue weighted by atomic mass is 32.1. The van der Waals surface area contributed by atoms with Crippen LogP contribution in [0.4, 0.5) is 5.69 Å². The van der Waals surface area contributed by atoms with Gasteiger partial charge in [0.05, 0.1) is 6.42 Å². The molecule has 0 saturated heterocycles. The molecule has 1 aliphatic carbocycles. The average molecular weight is 475 g/mol. The van der Waals surface area contributed by atoms with Crippen molar-refractivity contribution in [2.45, 2.75) is 58.0 Å². The zero-order chi connectivity index (χ0) is 24.1. The highest BCUT2D eigenvalue weighted by Crippen LogP contribution is 2.32. The first kappa shape index (κ1) is 23.9. The van der Waals surface area contributed by atoms with E-state index in [1.165, 1.54) is 18.3 Å². The van der Waals surface area contributed by atoms with Gasteiger partial charge in [-0.05, 0) is 73.5 Å². The van der Waals surface area contributed by atoms with Gasteiger partial charge in [0, 0.05) is 22.2 Å². The second-order valence-corrected chi connectivity index (χ2v) is 9.90. The first-order chi connectivity index (χ1) is 16.4. The second-order valence-electron chi connectivity index (χ2n) is 8.87. The SMILES string of the molecule is CC(=O)c1ccc(N(C(=O)Cc2cccs2)[C@@H](C(=O)NC2CCCC2)c2ccccc2C)cc1. The van der Waals surface area contributed by atoms with E-state index in [4.69, 9.17) is 0 Å². The minimum atomic E-state index is -0.808. The zero-order valence-electron chi connectivity index (χ0n) is 19.6. The topological polar surface area (TPSA) is 66.5 Å². The lowest BCUT2D eigenvalue weighted by atomic mass is 9.97. The maximum absolute atomic E-state index is 13.8. The molecule has 0 unspecified atom stereocenters. The van der Waals surface area contributed by atoms with Crippen molar-refractivity contribution in [1.29, 1.82) is 0 Å². The number of thiophene rings is 1. The van der Waals surface area contributed by atoms with E-state index in [-0.39, 0.29) is 30.1 Å². The molecule has 5 nitrogen and oxygen atoms in total. The standard InChI is InChI=1S/C28H30N2O3S/c1-19-8-3-6-12-25(19)27(28(33)29-22-9-4-5-10-22)30(26(32)18-24-11-7-17-34-24)23-15-13-21(14-16-23)20(2)31/h3,6-8,11-17,22,27H,4-5,9-10,18H2,1-2H3,(H,29,33)/t27-/m1/s1. The monoisotopic (exact) mass is 474 g/mol. The molecule has 4 rings (SSSR count). The third-order valence-electron chi connectivity index (χ3n) is 6.42. The second kappa shape index (κ2) is 10.8. The summed E-state index contributed by atoms with van der Waals surface area (Å²) in [5.74, 6) is -0.373. The Hall–Kier alpha value is -3.25. The fraction of sp³-hybridized carbons (Fsp3) is 0.321. The van der Waals surface area contributed by atoms with Gasteiger partial charge in [0.25, 0.3) is 0 Å². The highest BCUT2D eigenvalue weighted by molar-refractivity contribution is 7.10. The lowest BCUT2D eigenvalue weighted by Gasteiger charge is -2.33. The molecule has 0 spiro atoms. The Labute approximate surface area is 204 Å². The highest BCUT2D eigenvalue weighted by Gasteiger charge is 2.35. The van der Waals surface area contributed by atoms with Crippen LogP contribution in [-0.4, -0.2) is 23.6 Å². The first-order valence-electron chi connectivity index (χ1n) is 11.8. The summed E-state index contributed by atoms with van der Waals surface area (Å²) in [6.45, 7) is 3.48. The van der Waals surface area contributed by atoms with E-state index in [1.807, 2.05) is 48.7 Å². The number of Topliss-reactive ketones (excluding diaryl/α,β-unsaturated/α-hetero) is 1. The summed E-state index contributed by atoms with van der Waals surface area (Å²) < 4.78 is 0. The Morgan fingerprint density at radius 1 is 1.00 bits per heavy atom. The molecule has 2 amide bonds. The van der Waals surface area contributed by atoms with Gasteiger partial charge < -0.3 is 5.32 Å². The Morgan fingerprint density at radius 3 is 2.32 bits per heavy atom. The minimum Gasteiger partial charge on any atom is -0.351 e. The van der Waals surface area contributed by atoms with Crippen molar-refractivity contribution in [2.24, 2.45) is 0 Å². The number of carbonyl (C=O) groups is 3. The molecule has 1 atom stereocenters. The summed E-state index contributed by atoms with van der Waals surface area (Å²) in [5.41, 5.74) is 2.91. The van der Waals surface area contributed by atoms with Crippen molar-refractivity contribution >= 4 is 34.6 Å². The molecule has 1 aromatic heterocycles. The molecular formula is C28H30N2O3S. The van der Waals surface area contributed by atoms with Crippen molar-refractivity contribution in [2.75, 3.05) is 4.90 Å². The smallest absolute Gasteiger partial charge is 0.248 e. The van der Waals surface area contributed by atoms with Gasteiger partial charge in [-0.25, -0.2) is 0 Å². The molecule has 1 heterocycles. The van der Waals surface area contributed by atoms with Crippen molar-refractivity contribution in [3.8, 4) is 0 Å². The fourth-order valence-electron chi connectivity index (χ4n) is 4.58. The van der Waals surface area contributed by atoms with E-state index in [9.17, 15) is 14.4 Å². The number of nitrogens with one attached hydrogen (secondary N) is 1. The minimum absolute atomic E-state index is 0.0440. The number of amides is 2. The number of hydrogen-bond acceptors (Lipinski definition) is 4. The van der Waals surface area contributed by atoms with Crippen LogP contribution in [0.5, 0.6) is 0 Å². The molecule has 1 aliphatic rings. The molecular weight excluding hydrogens is 444 g/mol. The van der Waals surface area contributed by atoms with Crippen molar-refractivity contribution in [3.63, 3.8) is 0 Å². The molecule has 0 bridgehead atoms. The van der Waals surface area contributed by atoms with Crippen molar-refractivity contribution in [1.82, 2.24) is 5.32 Å². The molecule has 1 fully saturated rings. The third kappa shape index (κ3) is 5.45. The maximum atomic E-state index is 13.8. The number of nitrogens with zero attached hydrogens (tertiary/aromatic N) is 1. The summed E-state index contributed by atoms with van der Waals surface area (Å²) in [7, 11) is 0. The van der Waals surface area contributed by atoms with Gasteiger partial charge in [0.15, 0.2) is 5.78 Å². The summed E-state index contributed by atoms with van der Waals surface area (Å²) in [5, 5.41) is 5.16. The maximum Gasteiger partial charge on any atom is 0.248 e. The molecule has 0 aliphatic heterocycles. The van der Waals surface area contributed by atoms with E-state index in [1.54, 1.807) is 29.2 Å². The number of anilines is 1. The van der Waals surface area contributed by atoms with Gasteiger partial charge in [-0.3, -0.25) is 19.3 Å². The van der Waals surface area contributed by atoms with Gasteiger partial charge in [-0.1, -0.05) is 43.2 Å². The fourth-order valence-corrected chi connectivity index (χ4v) is 5.28. The number of ketones is 1. The zero-order valence-corrected chi connectivity index (χ0v) is 20.4. The predicted octanol–water partition coefficient (Wildman–Crippen LogP) is 5.63. The van der Waals surface area contributed by atoms with Crippen LogP contribution in [0.1, 0.15) is 65.0 Å². The molecule has 176 valence electrons. The number of carbonyl (C=O) groups excluding carboxylic acids is 3. The Balaban J connectivity index is 1.78. The van der Waals surface area contributed by atoms with Crippen LogP contribution in [0.25, 0.3) is 0 Å². The molecule has 1 saturated carbocycles. The molecule has 1 N–H and O–H groups in total. The van der Waals surface area contributed by atoms with Gasteiger partial charge in [0.1, 0.15) is 6.04 Å². The first-order valence-corrected chi connectivity index (χ1v) is 12.6. The predicted molar refractivity (Wildman–Crippen MR) is 136 cm³/mol. The van der Waals surface area contributed by atoms with E-state index in [0.29, 0.717) is 11.3 Å². The molecule has 2 aromatic carbocycles. The molecule has 34 heavy (non-hydrogen) atoms.